The van der Waals surface area contributed by atoms with Crippen LogP contribution in [-0.4, -0.2) is 41.5 Å². The van der Waals surface area contributed by atoms with E-state index in [0.717, 1.165) is 31.5 Å². The number of carbonyl (C=O) groups excluding carboxylic acids is 1. The normalized spacial score (nSPS) is 18.2. The number of pyridine rings is 1. The Labute approximate surface area is 119 Å². The second kappa shape index (κ2) is 6.70. The molecular weight excluding hydrogens is 254 g/mol. The Morgan fingerprint density at radius 3 is 2.85 bits per heavy atom. The van der Waals surface area contributed by atoms with Crippen molar-refractivity contribution < 1.29 is 4.79 Å². The Bertz CT molecular complexity index is 518. The molecule has 5 nitrogen and oxygen atoms in total. The van der Waals surface area contributed by atoms with Crippen LogP contribution in [0.5, 0.6) is 0 Å². The maximum atomic E-state index is 12.5. The minimum atomic E-state index is -0.296. The number of nitrogens with zero attached hydrogens (tertiary/aromatic N) is 1. The van der Waals surface area contributed by atoms with E-state index in [2.05, 4.69) is 10.3 Å². The highest BCUT2D eigenvalue weighted by molar-refractivity contribution is 5.93. The van der Waals surface area contributed by atoms with Gasteiger partial charge in [0.15, 0.2) is 0 Å². The molecule has 2 rings (SSSR count). The quantitative estimate of drug-likeness (QED) is 0.852. The number of H-pyrrole nitrogens is 1. The van der Waals surface area contributed by atoms with Crippen LogP contribution in [0, 0.1) is 6.92 Å². The van der Waals surface area contributed by atoms with Crippen LogP contribution in [0.2, 0.25) is 0 Å². The second-order valence-electron chi connectivity index (χ2n) is 5.43. The van der Waals surface area contributed by atoms with E-state index in [1.807, 2.05) is 13.8 Å². The molecule has 1 aliphatic rings. The molecule has 0 radical (unpaired) electrons. The molecule has 0 bridgehead atoms. The Morgan fingerprint density at radius 2 is 2.25 bits per heavy atom. The van der Waals surface area contributed by atoms with E-state index in [4.69, 9.17) is 0 Å². The fourth-order valence-electron chi connectivity index (χ4n) is 2.64. The van der Waals surface area contributed by atoms with E-state index in [9.17, 15) is 9.59 Å². The van der Waals surface area contributed by atoms with Crippen LogP contribution in [0.15, 0.2) is 16.9 Å². The Morgan fingerprint density at radius 1 is 1.45 bits per heavy atom. The maximum Gasteiger partial charge on any atom is 0.260 e. The van der Waals surface area contributed by atoms with E-state index in [-0.39, 0.29) is 17.0 Å². The summed E-state index contributed by atoms with van der Waals surface area (Å²) in [6, 6.07) is 3.75. The van der Waals surface area contributed by atoms with Crippen molar-refractivity contribution in [2.75, 3.05) is 19.6 Å². The predicted molar refractivity (Wildman–Crippen MR) is 79.0 cm³/mol. The Balaban J connectivity index is 2.14. The summed E-state index contributed by atoms with van der Waals surface area (Å²) < 4.78 is 0. The van der Waals surface area contributed by atoms with Crippen LogP contribution in [0.1, 0.15) is 42.2 Å². The zero-order chi connectivity index (χ0) is 14.5. The van der Waals surface area contributed by atoms with E-state index >= 15 is 0 Å². The third-order valence-electron chi connectivity index (χ3n) is 3.67. The molecule has 0 spiro atoms. The molecule has 0 aliphatic carbocycles. The third-order valence-corrected chi connectivity index (χ3v) is 3.67. The van der Waals surface area contributed by atoms with Gasteiger partial charge in [0, 0.05) is 24.8 Å². The number of hydrogen-bond donors (Lipinski definition) is 2. The highest BCUT2D eigenvalue weighted by Crippen LogP contribution is 2.10. The zero-order valence-electron chi connectivity index (χ0n) is 12.2. The molecular formula is C15H23N3O2. The van der Waals surface area contributed by atoms with Gasteiger partial charge in [-0.25, -0.2) is 0 Å². The van der Waals surface area contributed by atoms with Gasteiger partial charge >= 0.3 is 0 Å². The largest absolute Gasteiger partial charge is 0.337 e. The SMILES string of the molecule is CCCN(CC1CCCN1)C(=O)c1ccc(C)[nH]c1=O. The minimum absolute atomic E-state index is 0.165. The standard InChI is InChI=1S/C15H23N3O2/c1-3-9-18(10-12-5-4-8-16-12)15(20)13-7-6-11(2)17-14(13)19/h6-7,12,16H,3-5,8-10H2,1-2H3,(H,17,19). The maximum absolute atomic E-state index is 12.5. The van der Waals surface area contributed by atoms with Gasteiger partial charge in [0.05, 0.1) is 0 Å². The fourth-order valence-corrected chi connectivity index (χ4v) is 2.64. The van der Waals surface area contributed by atoms with Gasteiger partial charge in [0.2, 0.25) is 0 Å². The van der Waals surface area contributed by atoms with Crippen molar-refractivity contribution in [1.82, 2.24) is 15.2 Å². The summed E-state index contributed by atoms with van der Waals surface area (Å²) in [5.41, 5.74) is 0.712. The van der Waals surface area contributed by atoms with Gasteiger partial charge in [-0.3, -0.25) is 9.59 Å². The van der Waals surface area contributed by atoms with Crippen molar-refractivity contribution in [2.45, 2.75) is 39.2 Å². The molecule has 1 aromatic heterocycles. The van der Waals surface area contributed by atoms with E-state index in [1.54, 1.807) is 17.0 Å². The van der Waals surface area contributed by atoms with Gasteiger partial charge in [-0.15, -0.1) is 0 Å². The molecule has 2 heterocycles. The molecule has 5 heteroatoms. The minimum Gasteiger partial charge on any atom is -0.337 e. The predicted octanol–water partition coefficient (Wildman–Crippen LogP) is 1.29. The molecule has 1 aromatic rings. The van der Waals surface area contributed by atoms with Crippen molar-refractivity contribution >= 4 is 5.91 Å². The molecule has 1 atom stereocenters. The first-order chi connectivity index (χ1) is 9.61. The third kappa shape index (κ3) is 3.48. The average molecular weight is 277 g/mol. The van der Waals surface area contributed by atoms with Gasteiger partial charge in [-0.05, 0) is 44.9 Å². The van der Waals surface area contributed by atoms with Crippen LogP contribution in [0.4, 0.5) is 0 Å². The number of aromatic nitrogens is 1. The van der Waals surface area contributed by atoms with Crippen LogP contribution in [0.3, 0.4) is 0 Å². The first-order valence-electron chi connectivity index (χ1n) is 7.34. The molecule has 110 valence electrons. The van der Waals surface area contributed by atoms with Gasteiger partial charge in [0.1, 0.15) is 5.56 Å². The van der Waals surface area contributed by atoms with Crippen molar-refractivity contribution in [3.8, 4) is 0 Å². The number of hydrogen-bond acceptors (Lipinski definition) is 3. The number of aryl methyl sites for hydroxylation is 1. The van der Waals surface area contributed by atoms with Crippen molar-refractivity contribution in [3.63, 3.8) is 0 Å². The van der Waals surface area contributed by atoms with Gasteiger partial charge in [-0.2, -0.15) is 0 Å². The van der Waals surface area contributed by atoms with Crippen molar-refractivity contribution in [3.05, 3.63) is 33.7 Å². The van der Waals surface area contributed by atoms with Crippen LogP contribution >= 0.6 is 0 Å². The molecule has 2 N–H and O–H groups in total. The lowest BCUT2D eigenvalue weighted by atomic mass is 10.1. The Hall–Kier alpha value is -1.62. The molecule has 0 aromatic carbocycles. The number of nitrogens with one attached hydrogen (secondary N) is 2. The topological polar surface area (TPSA) is 65.2 Å². The van der Waals surface area contributed by atoms with Gasteiger partial charge in [-0.1, -0.05) is 6.92 Å². The highest BCUT2D eigenvalue weighted by Gasteiger charge is 2.23. The lowest BCUT2D eigenvalue weighted by Crippen LogP contribution is -2.43. The summed E-state index contributed by atoms with van der Waals surface area (Å²) in [6.45, 7) is 6.23. The molecule has 1 fully saturated rings. The molecule has 1 aliphatic heterocycles. The van der Waals surface area contributed by atoms with Gasteiger partial charge in [0.25, 0.3) is 11.5 Å². The summed E-state index contributed by atoms with van der Waals surface area (Å²) in [5, 5.41) is 3.40. The average Bonchev–Trinajstić information content (AvgIpc) is 2.90. The second-order valence-corrected chi connectivity index (χ2v) is 5.43. The number of rotatable bonds is 5. The fraction of sp³-hybridized carbons (Fsp3) is 0.600. The molecule has 1 unspecified atom stereocenters. The van der Waals surface area contributed by atoms with Crippen LogP contribution in [-0.2, 0) is 0 Å². The summed E-state index contributed by atoms with van der Waals surface area (Å²) >= 11 is 0. The number of carbonyl (C=O) groups is 1. The highest BCUT2D eigenvalue weighted by atomic mass is 16.2. The first-order valence-corrected chi connectivity index (χ1v) is 7.34. The molecule has 20 heavy (non-hydrogen) atoms. The van der Waals surface area contributed by atoms with Crippen molar-refractivity contribution in [2.24, 2.45) is 0 Å². The van der Waals surface area contributed by atoms with E-state index in [1.165, 1.54) is 0 Å². The summed E-state index contributed by atoms with van der Waals surface area (Å²) in [5.74, 6) is -0.165. The molecule has 0 saturated carbocycles. The van der Waals surface area contributed by atoms with Crippen LogP contribution < -0.4 is 10.9 Å². The molecule has 1 saturated heterocycles. The van der Waals surface area contributed by atoms with Crippen LogP contribution in [0.25, 0.3) is 0 Å². The van der Waals surface area contributed by atoms with E-state index in [0.29, 0.717) is 19.1 Å². The summed E-state index contributed by atoms with van der Waals surface area (Å²) in [6.07, 6.45) is 3.14. The number of amides is 1. The summed E-state index contributed by atoms with van der Waals surface area (Å²) in [4.78, 5) is 28.9. The monoisotopic (exact) mass is 277 g/mol. The Kier molecular flexibility index (Phi) is 4.95. The summed E-state index contributed by atoms with van der Waals surface area (Å²) in [7, 11) is 0. The molecule has 1 amide bonds. The van der Waals surface area contributed by atoms with Gasteiger partial charge < -0.3 is 15.2 Å². The first kappa shape index (κ1) is 14.8. The number of aromatic amines is 1. The lowest BCUT2D eigenvalue weighted by molar-refractivity contribution is 0.0740. The lowest BCUT2D eigenvalue weighted by Gasteiger charge is -2.25. The smallest absolute Gasteiger partial charge is 0.260 e. The van der Waals surface area contributed by atoms with Crippen molar-refractivity contribution in [1.29, 1.82) is 0 Å². The zero-order valence-corrected chi connectivity index (χ0v) is 12.2. The van der Waals surface area contributed by atoms with E-state index < -0.39 is 0 Å².